The lowest BCUT2D eigenvalue weighted by Crippen LogP contribution is -2.01. The van der Waals surface area contributed by atoms with E-state index in [1.807, 2.05) is 6.08 Å². The van der Waals surface area contributed by atoms with Crippen molar-refractivity contribution in [3.8, 4) is 0 Å². The molecule has 2 rings (SSSR count). The van der Waals surface area contributed by atoms with Crippen LogP contribution in [0.25, 0.3) is 0 Å². The molecule has 0 radical (unpaired) electrons. The summed E-state index contributed by atoms with van der Waals surface area (Å²) >= 11 is 0. The highest BCUT2D eigenvalue weighted by molar-refractivity contribution is 5.88. The molecular formula is C15H19NO3. The Bertz CT molecular complexity index is 493. The normalized spacial score (nSPS) is 18.6. The summed E-state index contributed by atoms with van der Waals surface area (Å²) in [5.41, 5.74) is 2.54. The zero-order valence-electron chi connectivity index (χ0n) is 11.6. The molecule has 102 valence electrons. The molecule has 0 fully saturated rings. The van der Waals surface area contributed by atoms with E-state index in [1.54, 1.807) is 18.4 Å². The summed E-state index contributed by atoms with van der Waals surface area (Å²) in [6.45, 7) is 6.26. The number of rotatable bonds is 5. The van der Waals surface area contributed by atoms with Crippen LogP contribution in [0.5, 0.6) is 0 Å². The first-order chi connectivity index (χ1) is 9.15. The second kappa shape index (κ2) is 6.27. The monoisotopic (exact) mass is 261 g/mol. The number of nitrogens with zero attached hydrogens (tertiary/aromatic N) is 1. The summed E-state index contributed by atoms with van der Waals surface area (Å²) < 4.78 is 10.8. The van der Waals surface area contributed by atoms with Gasteiger partial charge in [-0.2, -0.15) is 0 Å². The standard InChI is InChI=1S/C15H19NO3/c1-11(2)6-4-7-12(3)10-14-16-19-15(18-14)13-8-5-9-17-13/h5-6,8-10,15H,4,7H2,1-3H3/b12-10+. The Labute approximate surface area is 113 Å². The van der Waals surface area contributed by atoms with E-state index in [0.717, 1.165) is 12.8 Å². The van der Waals surface area contributed by atoms with Crippen LogP contribution in [-0.2, 0) is 9.57 Å². The largest absolute Gasteiger partial charge is 0.461 e. The molecule has 0 saturated carbocycles. The number of hydrogen-bond acceptors (Lipinski definition) is 4. The molecule has 1 unspecified atom stereocenters. The van der Waals surface area contributed by atoms with Crippen LogP contribution in [0.4, 0.5) is 0 Å². The lowest BCUT2D eigenvalue weighted by atomic mass is 10.1. The maximum atomic E-state index is 5.55. The molecule has 0 N–H and O–H groups in total. The van der Waals surface area contributed by atoms with E-state index in [0.29, 0.717) is 11.7 Å². The van der Waals surface area contributed by atoms with Crippen molar-refractivity contribution >= 4 is 5.90 Å². The van der Waals surface area contributed by atoms with Gasteiger partial charge in [-0.3, -0.25) is 0 Å². The van der Waals surface area contributed by atoms with E-state index in [-0.39, 0.29) is 0 Å². The summed E-state index contributed by atoms with van der Waals surface area (Å²) in [7, 11) is 0. The van der Waals surface area contributed by atoms with Gasteiger partial charge in [-0.05, 0) is 50.9 Å². The number of ether oxygens (including phenoxy) is 1. The highest BCUT2D eigenvalue weighted by Crippen LogP contribution is 2.25. The number of oxime groups is 1. The molecule has 1 atom stereocenters. The molecule has 1 aromatic heterocycles. The molecule has 1 aromatic rings. The topological polar surface area (TPSA) is 44.0 Å². The van der Waals surface area contributed by atoms with E-state index < -0.39 is 6.29 Å². The first-order valence-corrected chi connectivity index (χ1v) is 6.39. The first-order valence-electron chi connectivity index (χ1n) is 6.39. The predicted octanol–water partition coefficient (Wildman–Crippen LogP) is 4.33. The van der Waals surface area contributed by atoms with Crippen LogP contribution in [-0.4, -0.2) is 5.90 Å². The SMILES string of the molecule is CC(C)=CCC/C(C)=C/C1=NOC(c2ccco2)O1. The summed E-state index contributed by atoms with van der Waals surface area (Å²) in [5.74, 6) is 1.12. The maximum absolute atomic E-state index is 5.55. The molecule has 0 amide bonds. The Balaban J connectivity index is 1.85. The Morgan fingerprint density at radius 2 is 2.21 bits per heavy atom. The van der Waals surface area contributed by atoms with Crippen LogP contribution in [0, 0.1) is 0 Å². The second-order valence-electron chi connectivity index (χ2n) is 4.81. The Kier molecular flexibility index (Phi) is 4.44. The van der Waals surface area contributed by atoms with Crippen molar-refractivity contribution in [1.82, 2.24) is 0 Å². The fourth-order valence-electron chi connectivity index (χ4n) is 1.72. The Morgan fingerprint density at radius 3 is 2.89 bits per heavy atom. The van der Waals surface area contributed by atoms with Crippen molar-refractivity contribution in [2.45, 2.75) is 39.9 Å². The number of hydrogen-bond donors (Lipinski definition) is 0. The van der Waals surface area contributed by atoms with E-state index in [2.05, 4.69) is 32.0 Å². The molecule has 1 aliphatic heterocycles. The van der Waals surface area contributed by atoms with Crippen molar-refractivity contribution in [3.05, 3.63) is 47.5 Å². The number of furan rings is 1. The lowest BCUT2D eigenvalue weighted by Gasteiger charge is -2.04. The van der Waals surface area contributed by atoms with E-state index >= 15 is 0 Å². The van der Waals surface area contributed by atoms with Gasteiger partial charge in [0.2, 0.25) is 0 Å². The number of allylic oxidation sites excluding steroid dienone is 3. The predicted molar refractivity (Wildman–Crippen MR) is 73.5 cm³/mol. The van der Waals surface area contributed by atoms with Gasteiger partial charge in [0.1, 0.15) is 0 Å². The van der Waals surface area contributed by atoms with Crippen LogP contribution < -0.4 is 0 Å². The van der Waals surface area contributed by atoms with Gasteiger partial charge in [-0.25, -0.2) is 0 Å². The molecule has 1 aliphatic rings. The summed E-state index contributed by atoms with van der Waals surface area (Å²) in [5, 5.41) is 3.90. The highest BCUT2D eigenvalue weighted by Gasteiger charge is 2.24. The third kappa shape index (κ3) is 4.02. The van der Waals surface area contributed by atoms with Gasteiger partial charge in [-0.15, -0.1) is 0 Å². The van der Waals surface area contributed by atoms with Crippen molar-refractivity contribution in [2.24, 2.45) is 5.16 Å². The van der Waals surface area contributed by atoms with Crippen molar-refractivity contribution in [3.63, 3.8) is 0 Å². The summed E-state index contributed by atoms with van der Waals surface area (Å²) in [6.07, 6.45) is 7.16. The minimum Gasteiger partial charge on any atom is -0.461 e. The van der Waals surface area contributed by atoms with Crippen molar-refractivity contribution in [1.29, 1.82) is 0 Å². The van der Waals surface area contributed by atoms with Crippen LogP contribution in [0.3, 0.4) is 0 Å². The zero-order valence-corrected chi connectivity index (χ0v) is 11.6. The highest BCUT2D eigenvalue weighted by atomic mass is 16.8. The van der Waals surface area contributed by atoms with E-state index in [1.165, 1.54) is 11.1 Å². The fraction of sp³-hybridized carbons (Fsp3) is 0.400. The van der Waals surface area contributed by atoms with E-state index in [9.17, 15) is 0 Å². The van der Waals surface area contributed by atoms with Gasteiger partial charge in [0.25, 0.3) is 5.90 Å². The van der Waals surface area contributed by atoms with Crippen molar-refractivity contribution < 1.29 is 14.0 Å². The van der Waals surface area contributed by atoms with Gasteiger partial charge < -0.3 is 14.0 Å². The van der Waals surface area contributed by atoms with Gasteiger partial charge in [-0.1, -0.05) is 17.2 Å². The average molecular weight is 261 g/mol. The van der Waals surface area contributed by atoms with Gasteiger partial charge >= 0.3 is 6.29 Å². The van der Waals surface area contributed by atoms with Gasteiger partial charge in [0.15, 0.2) is 5.76 Å². The fourth-order valence-corrected chi connectivity index (χ4v) is 1.72. The first kappa shape index (κ1) is 13.5. The van der Waals surface area contributed by atoms with Gasteiger partial charge in [0, 0.05) is 6.08 Å². The van der Waals surface area contributed by atoms with Crippen LogP contribution >= 0.6 is 0 Å². The summed E-state index contributed by atoms with van der Waals surface area (Å²) in [4.78, 5) is 5.17. The van der Waals surface area contributed by atoms with Crippen LogP contribution in [0.2, 0.25) is 0 Å². The van der Waals surface area contributed by atoms with Crippen LogP contribution in [0.15, 0.2) is 51.3 Å². The van der Waals surface area contributed by atoms with Crippen molar-refractivity contribution in [2.75, 3.05) is 0 Å². The Hall–Kier alpha value is -1.97. The minimum absolute atomic E-state index is 0.496. The second-order valence-corrected chi connectivity index (χ2v) is 4.81. The Morgan fingerprint density at radius 1 is 1.37 bits per heavy atom. The smallest absolute Gasteiger partial charge is 0.325 e. The molecule has 0 aromatic carbocycles. The molecular weight excluding hydrogens is 242 g/mol. The molecule has 0 spiro atoms. The molecule has 19 heavy (non-hydrogen) atoms. The van der Waals surface area contributed by atoms with Gasteiger partial charge in [0.05, 0.1) is 6.26 Å². The van der Waals surface area contributed by atoms with E-state index in [4.69, 9.17) is 14.0 Å². The molecule has 4 nitrogen and oxygen atoms in total. The summed E-state index contributed by atoms with van der Waals surface area (Å²) in [6, 6.07) is 3.59. The zero-order chi connectivity index (χ0) is 13.7. The molecule has 2 heterocycles. The third-order valence-corrected chi connectivity index (χ3v) is 2.70. The lowest BCUT2D eigenvalue weighted by molar-refractivity contribution is -0.0638. The van der Waals surface area contributed by atoms with Crippen LogP contribution in [0.1, 0.15) is 45.7 Å². The third-order valence-electron chi connectivity index (χ3n) is 2.70. The average Bonchev–Trinajstić information content (AvgIpc) is 2.97. The quantitative estimate of drug-likeness (QED) is 0.741. The minimum atomic E-state index is -0.563. The molecule has 0 saturated heterocycles. The molecule has 0 aliphatic carbocycles. The molecule has 0 bridgehead atoms. The maximum Gasteiger partial charge on any atom is 0.325 e. The molecule has 4 heteroatoms.